The molecule has 0 N–H and O–H groups in total. The highest BCUT2D eigenvalue weighted by Gasteiger charge is 2.25. The van der Waals surface area contributed by atoms with Gasteiger partial charge in [0.1, 0.15) is 0 Å². The fraction of sp³-hybridized carbons (Fsp3) is 0. The Morgan fingerprint density at radius 1 is 0.404 bits per heavy atom. The molecule has 0 radical (unpaired) electrons. The van der Waals surface area contributed by atoms with Gasteiger partial charge in [-0.15, -0.1) is 22.7 Å². The molecule has 0 fully saturated rings. The van der Waals surface area contributed by atoms with E-state index in [2.05, 4.69) is 156 Å². The number of fused-ring (bicyclic) bond motifs is 8. The SMILES string of the molecule is c1ccc(-c2ccc(-c3ccccc3)c(-n3c4cc5c6ccccc6sc5c5ccc6cc7c8ccccc8sc7c3c6c54)c2)cc1. The van der Waals surface area contributed by atoms with Crippen molar-refractivity contribution in [1.82, 2.24) is 4.57 Å². The highest BCUT2D eigenvalue weighted by Crippen LogP contribution is 2.51. The zero-order chi connectivity index (χ0) is 30.6. The standard InChI is InChI=1S/C44H25NS2/c1-3-11-26(12-4-1)28-19-21-30(27-13-5-2-6-14-27)36(24-28)45-37-25-35-32-16-8-9-17-38(32)46-43(35)33-22-20-29-23-34-31-15-7-10-18-39(31)47-44(34)42(45)40(29)41(33)37/h1-25H. The fourth-order valence-electron chi connectivity index (χ4n) is 7.87. The summed E-state index contributed by atoms with van der Waals surface area (Å²) in [4.78, 5) is 0. The van der Waals surface area contributed by atoms with Crippen LogP contribution in [0.15, 0.2) is 152 Å². The van der Waals surface area contributed by atoms with Crippen molar-refractivity contribution in [3.8, 4) is 27.9 Å². The van der Waals surface area contributed by atoms with Crippen molar-refractivity contribution in [2.75, 3.05) is 0 Å². The summed E-state index contributed by atoms with van der Waals surface area (Å²) in [5.74, 6) is 0. The molecule has 3 heterocycles. The Morgan fingerprint density at radius 3 is 1.79 bits per heavy atom. The molecule has 0 amide bonds. The van der Waals surface area contributed by atoms with E-state index in [1.807, 2.05) is 22.7 Å². The van der Waals surface area contributed by atoms with E-state index in [1.165, 1.54) is 101 Å². The molecule has 0 atom stereocenters. The zero-order valence-electron chi connectivity index (χ0n) is 25.2. The largest absolute Gasteiger partial charge is 0.307 e. The monoisotopic (exact) mass is 631 g/mol. The van der Waals surface area contributed by atoms with Crippen LogP contribution in [0, 0.1) is 0 Å². The summed E-state index contributed by atoms with van der Waals surface area (Å²) in [7, 11) is 0. The van der Waals surface area contributed by atoms with Crippen LogP contribution in [0.25, 0.3) is 101 Å². The van der Waals surface area contributed by atoms with Gasteiger partial charge in [0.2, 0.25) is 0 Å². The Balaban J connectivity index is 1.40. The summed E-state index contributed by atoms with van der Waals surface area (Å²) in [6, 6.07) is 56.1. The summed E-state index contributed by atoms with van der Waals surface area (Å²) >= 11 is 3.84. The first-order valence-electron chi connectivity index (χ1n) is 16.0. The second-order valence-electron chi connectivity index (χ2n) is 12.5. The van der Waals surface area contributed by atoms with Crippen LogP contribution in [-0.4, -0.2) is 4.57 Å². The molecule has 0 saturated heterocycles. The lowest BCUT2D eigenvalue weighted by atomic mass is 9.98. The molecule has 218 valence electrons. The summed E-state index contributed by atoms with van der Waals surface area (Å²) in [6.45, 7) is 0. The highest BCUT2D eigenvalue weighted by molar-refractivity contribution is 7.27. The van der Waals surface area contributed by atoms with Crippen LogP contribution >= 0.6 is 22.7 Å². The van der Waals surface area contributed by atoms with E-state index in [0.29, 0.717) is 0 Å². The van der Waals surface area contributed by atoms with Gasteiger partial charge in [-0.05, 0) is 52.4 Å². The Labute approximate surface area is 278 Å². The zero-order valence-corrected chi connectivity index (χ0v) is 26.8. The third-order valence-electron chi connectivity index (χ3n) is 9.93. The molecule has 11 rings (SSSR count). The molecule has 0 spiro atoms. The van der Waals surface area contributed by atoms with Gasteiger partial charge in [-0.2, -0.15) is 0 Å². The molecule has 8 aromatic carbocycles. The maximum atomic E-state index is 2.61. The van der Waals surface area contributed by atoms with Gasteiger partial charge < -0.3 is 4.57 Å². The van der Waals surface area contributed by atoms with Crippen molar-refractivity contribution >= 4 is 95.6 Å². The summed E-state index contributed by atoms with van der Waals surface area (Å²) in [6.07, 6.45) is 0. The van der Waals surface area contributed by atoms with E-state index in [-0.39, 0.29) is 0 Å². The Kier molecular flexibility index (Phi) is 5.20. The van der Waals surface area contributed by atoms with Gasteiger partial charge in [0, 0.05) is 57.4 Å². The highest BCUT2D eigenvalue weighted by atomic mass is 32.1. The quantitative estimate of drug-likeness (QED) is 0.171. The molecule has 0 unspecified atom stereocenters. The molecule has 0 aliphatic heterocycles. The minimum Gasteiger partial charge on any atom is -0.307 e. The van der Waals surface area contributed by atoms with E-state index in [1.54, 1.807) is 0 Å². The molecule has 11 aromatic rings. The summed E-state index contributed by atoms with van der Waals surface area (Å²) in [5, 5.41) is 10.7. The average Bonchev–Trinajstić information content (AvgIpc) is 3.81. The van der Waals surface area contributed by atoms with Gasteiger partial charge in [0.05, 0.1) is 21.4 Å². The molecule has 0 aliphatic carbocycles. The van der Waals surface area contributed by atoms with E-state index in [4.69, 9.17) is 0 Å². The van der Waals surface area contributed by atoms with Gasteiger partial charge in [0.15, 0.2) is 0 Å². The first kappa shape index (κ1) is 25.7. The van der Waals surface area contributed by atoms with Crippen molar-refractivity contribution in [1.29, 1.82) is 0 Å². The number of benzene rings is 8. The van der Waals surface area contributed by atoms with Crippen molar-refractivity contribution in [3.05, 3.63) is 152 Å². The van der Waals surface area contributed by atoms with E-state index in [0.717, 1.165) is 0 Å². The number of rotatable bonds is 3. The van der Waals surface area contributed by atoms with Gasteiger partial charge in [-0.3, -0.25) is 0 Å². The molecule has 47 heavy (non-hydrogen) atoms. The number of hydrogen-bond acceptors (Lipinski definition) is 2. The molecular formula is C44H25NS2. The second-order valence-corrected chi connectivity index (χ2v) is 14.6. The van der Waals surface area contributed by atoms with Crippen LogP contribution < -0.4 is 0 Å². The Morgan fingerprint density at radius 2 is 1.04 bits per heavy atom. The van der Waals surface area contributed by atoms with Gasteiger partial charge in [-0.25, -0.2) is 0 Å². The maximum Gasteiger partial charge on any atom is 0.0726 e. The van der Waals surface area contributed by atoms with Gasteiger partial charge >= 0.3 is 0 Å². The predicted molar refractivity (Wildman–Crippen MR) is 206 cm³/mol. The summed E-state index contributed by atoms with van der Waals surface area (Å²) in [5.41, 5.74) is 8.67. The average molecular weight is 632 g/mol. The van der Waals surface area contributed by atoms with E-state index < -0.39 is 0 Å². The Hall–Kier alpha value is -5.48. The van der Waals surface area contributed by atoms with Crippen molar-refractivity contribution < 1.29 is 0 Å². The molecule has 1 nitrogen and oxygen atoms in total. The lowest BCUT2D eigenvalue weighted by Crippen LogP contribution is -1.98. The van der Waals surface area contributed by atoms with Crippen LogP contribution in [0.4, 0.5) is 0 Å². The third-order valence-corrected chi connectivity index (χ3v) is 12.3. The number of hydrogen-bond donors (Lipinski definition) is 0. The number of aromatic nitrogens is 1. The maximum absolute atomic E-state index is 2.61. The summed E-state index contributed by atoms with van der Waals surface area (Å²) < 4.78 is 8.00. The predicted octanol–water partition coefficient (Wildman–Crippen LogP) is 13.4. The third kappa shape index (κ3) is 3.53. The van der Waals surface area contributed by atoms with Crippen molar-refractivity contribution in [2.45, 2.75) is 0 Å². The lowest BCUT2D eigenvalue weighted by molar-refractivity contribution is 1.19. The van der Waals surface area contributed by atoms with Crippen LogP contribution in [0.2, 0.25) is 0 Å². The van der Waals surface area contributed by atoms with E-state index >= 15 is 0 Å². The molecule has 0 bridgehead atoms. The molecule has 3 aromatic heterocycles. The fourth-order valence-corrected chi connectivity index (χ4v) is 10.3. The van der Waals surface area contributed by atoms with Crippen LogP contribution in [0.5, 0.6) is 0 Å². The van der Waals surface area contributed by atoms with Gasteiger partial charge in [-0.1, -0.05) is 121 Å². The smallest absolute Gasteiger partial charge is 0.0726 e. The number of nitrogens with zero attached hydrogens (tertiary/aromatic N) is 1. The topological polar surface area (TPSA) is 4.93 Å². The minimum atomic E-state index is 1.21. The molecular weight excluding hydrogens is 607 g/mol. The number of thiophene rings is 2. The molecule has 0 aliphatic rings. The molecule has 0 saturated carbocycles. The first-order valence-corrected chi connectivity index (χ1v) is 17.6. The minimum absolute atomic E-state index is 1.21. The first-order chi connectivity index (χ1) is 23.3. The van der Waals surface area contributed by atoms with Crippen molar-refractivity contribution in [2.24, 2.45) is 0 Å². The lowest BCUT2D eigenvalue weighted by Gasteiger charge is -2.17. The van der Waals surface area contributed by atoms with Crippen molar-refractivity contribution in [3.63, 3.8) is 0 Å². The van der Waals surface area contributed by atoms with Crippen LogP contribution in [-0.2, 0) is 0 Å². The second kappa shape index (κ2) is 9.52. The van der Waals surface area contributed by atoms with E-state index in [9.17, 15) is 0 Å². The normalized spacial score (nSPS) is 12.3. The Bertz CT molecular complexity index is 3000. The van der Waals surface area contributed by atoms with Crippen LogP contribution in [0.1, 0.15) is 0 Å². The van der Waals surface area contributed by atoms with Gasteiger partial charge in [0.25, 0.3) is 0 Å². The molecule has 3 heteroatoms. The van der Waals surface area contributed by atoms with Crippen LogP contribution in [0.3, 0.4) is 0 Å².